The molecule has 0 aromatic rings. The molecule has 0 spiro atoms. The summed E-state index contributed by atoms with van der Waals surface area (Å²) in [5.41, 5.74) is 0. The second-order valence-corrected chi connectivity index (χ2v) is 15.4. The van der Waals surface area contributed by atoms with Gasteiger partial charge in [-0.05, 0) is 12.8 Å². The van der Waals surface area contributed by atoms with Gasteiger partial charge in [0.15, 0.2) is 0 Å². The van der Waals surface area contributed by atoms with Gasteiger partial charge in [-0.15, -0.1) is 0 Å². The molecule has 1 atom stereocenters. The quantitative estimate of drug-likeness (QED) is 0.0481. The first-order valence-corrected chi connectivity index (χ1v) is 21.8. The maximum absolute atomic E-state index is 13.1. The van der Waals surface area contributed by atoms with E-state index in [1.807, 2.05) is 0 Å². The van der Waals surface area contributed by atoms with Crippen molar-refractivity contribution in [3.63, 3.8) is 0 Å². The summed E-state index contributed by atoms with van der Waals surface area (Å²) < 4.78 is 28.1. The zero-order chi connectivity index (χ0) is 35.4. The van der Waals surface area contributed by atoms with Crippen LogP contribution in [0.15, 0.2) is 0 Å². The molecule has 1 unspecified atom stereocenters. The molecule has 0 amide bonds. The van der Waals surface area contributed by atoms with Crippen LogP contribution in [0.1, 0.15) is 219 Å². The Labute approximate surface area is 295 Å². The number of aliphatic hydroxyl groups excluding tert-OH is 2. The van der Waals surface area contributed by atoms with E-state index in [0.717, 1.165) is 38.5 Å². The zero-order valence-corrected chi connectivity index (χ0v) is 32.3. The van der Waals surface area contributed by atoms with Gasteiger partial charge in [0, 0.05) is 12.8 Å². The Kier molecular flexibility index (Phi) is 35.2. The molecule has 8 nitrogen and oxygen atoms in total. The molecule has 286 valence electrons. The highest BCUT2D eigenvalue weighted by atomic mass is 31.2. The largest absolute Gasteiger partial charge is 0.592 e. The molecule has 48 heavy (non-hydrogen) atoms. The molecule has 0 fully saturated rings. The number of unbranched alkanes of at least 4 members (excludes halogenated alkanes) is 28. The summed E-state index contributed by atoms with van der Waals surface area (Å²) in [4.78, 5) is 24.8. The van der Waals surface area contributed by atoms with Gasteiger partial charge >= 0.3 is 19.8 Å². The standard InChI is InChI=1S/C39H77O8P/c1-3-5-7-9-11-13-15-17-19-21-23-25-27-29-31-33-38(42)46-48(44,45-36-37(41)35-40)47-39(43)34-32-30-28-26-24-22-20-18-16-14-12-10-8-6-4-2/h37,40-41H,3-36H2,1-2H3. The van der Waals surface area contributed by atoms with Crippen LogP contribution in [0.5, 0.6) is 0 Å². The first-order valence-electron chi connectivity index (χ1n) is 20.3. The van der Waals surface area contributed by atoms with Crippen molar-refractivity contribution >= 4 is 19.8 Å². The third-order valence-corrected chi connectivity index (χ3v) is 10.4. The van der Waals surface area contributed by atoms with Crippen LogP contribution >= 0.6 is 7.82 Å². The molecule has 9 heteroatoms. The average Bonchev–Trinajstić information content (AvgIpc) is 3.07. The summed E-state index contributed by atoms with van der Waals surface area (Å²) >= 11 is 0. The molecule has 0 aromatic carbocycles. The van der Waals surface area contributed by atoms with Crippen LogP contribution in [0.4, 0.5) is 0 Å². The van der Waals surface area contributed by atoms with Crippen molar-refractivity contribution in [1.29, 1.82) is 0 Å². The van der Waals surface area contributed by atoms with E-state index in [2.05, 4.69) is 13.8 Å². The second kappa shape index (κ2) is 35.9. The maximum Gasteiger partial charge on any atom is 0.592 e. The summed E-state index contributed by atoms with van der Waals surface area (Å²) in [6.07, 6.45) is 35.1. The molecular weight excluding hydrogens is 627 g/mol. The van der Waals surface area contributed by atoms with E-state index in [1.54, 1.807) is 0 Å². The van der Waals surface area contributed by atoms with Crippen molar-refractivity contribution < 1.29 is 37.9 Å². The van der Waals surface area contributed by atoms with Gasteiger partial charge in [-0.3, -0.25) is 14.1 Å². The summed E-state index contributed by atoms with van der Waals surface area (Å²) in [6.45, 7) is 3.30. The van der Waals surface area contributed by atoms with E-state index < -0.39 is 39.1 Å². The highest BCUT2D eigenvalue weighted by Crippen LogP contribution is 2.50. The number of phosphoric acid groups is 1. The molecule has 0 radical (unpaired) electrons. The zero-order valence-electron chi connectivity index (χ0n) is 31.4. The van der Waals surface area contributed by atoms with E-state index in [0.29, 0.717) is 12.8 Å². The maximum atomic E-state index is 13.1. The lowest BCUT2D eigenvalue weighted by atomic mass is 10.0. The minimum absolute atomic E-state index is 0.0464. The lowest BCUT2D eigenvalue weighted by molar-refractivity contribution is -0.141. The van der Waals surface area contributed by atoms with Crippen LogP contribution in [0.2, 0.25) is 0 Å². The van der Waals surface area contributed by atoms with Crippen molar-refractivity contribution in [2.24, 2.45) is 0 Å². The normalized spacial score (nSPS) is 12.3. The van der Waals surface area contributed by atoms with Gasteiger partial charge in [-0.25, -0.2) is 4.57 Å². The third kappa shape index (κ3) is 33.5. The van der Waals surface area contributed by atoms with Crippen LogP contribution in [0.3, 0.4) is 0 Å². The summed E-state index contributed by atoms with van der Waals surface area (Å²) in [5, 5.41) is 18.7. The molecule has 0 heterocycles. The average molecular weight is 705 g/mol. The highest BCUT2D eigenvalue weighted by Gasteiger charge is 2.35. The fourth-order valence-electron chi connectivity index (χ4n) is 5.92. The van der Waals surface area contributed by atoms with Crippen molar-refractivity contribution in [3.8, 4) is 0 Å². The molecule has 0 saturated carbocycles. The van der Waals surface area contributed by atoms with E-state index in [-0.39, 0.29) is 12.8 Å². The van der Waals surface area contributed by atoms with E-state index >= 15 is 0 Å². The van der Waals surface area contributed by atoms with Crippen molar-refractivity contribution in [2.75, 3.05) is 13.2 Å². The molecular formula is C39H77O8P. The predicted molar refractivity (Wildman–Crippen MR) is 198 cm³/mol. The fraction of sp³-hybridized carbons (Fsp3) is 0.949. The Bertz CT molecular complexity index is 710. The van der Waals surface area contributed by atoms with Crippen molar-refractivity contribution in [3.05, 3.63) is 0 Å². The Morgan fingerprint density at radius 1 is 0.479 bits per heavy atom. The summed E-state index contributed by atoms with van der Waals surface area (Å²) in [6, 6.07) is 0. The van der Waals surface area contributed by atoms with Gasteiger partial charge in [0.1, 0.15) is 6.10 Å². The molecule has 0 rings (SSSR count). The van der Waals surface area contributed by atoms with E-state index in [1.165, 1.54) is 141 Å². The van der Waals surface area contributed by atoms with Gasteiger partial charge in [0.2, 0.25) is 0 Å². The minimum atomic E-state index is -4.55. The summed E-state index contributed by atoms with van der Waals surface area (Å²) in [5.74, 6) is -1.52. The Morgan fingerprint density at radius 3 is 0.979 bits per heavy atom. The van der Waals surface area contributed by atoms with E-state index in [9.17, 15) is 19.3 Å². The Balaban J connectivity index is 4.03. The molecule has 2 N–H and O–H groups in total. The number of phosphoric ester groups is 1. The van der Waals surface area contributed by atoms with Gasteiger partial charge in [0.05, 0.1) is 13.2 Å². The topological polar surface area (TPSA) is 119 Å². The number of hydrogen-bond acceptors (Lipinski definition) is 8. The number of hydrogen-bond donors (Lipinski definition) is 2. The Hall–Kier alpha value is -0.950. The first kappa shape index (κ1) is 47.0. The molecule has 0 saturated heterocycles. The number of rotatable bonds is 38. The van der Waals surface area contributed by atoms with Gasteiger partial charge in [-0.2, -0.15) is 0 Å². The number of carbonyl (C=O) groups excluding carboxylic acids is 2. The van der Waals surface area contributed by atoms with Crippen LogP contribution in [-0.2, 0) is 27.7 Å². The Morgan fingerprint density at radius 2 is 0.729 bits per heavy atom. The number of carbonyl (C=O) groups is 2. The third-order valence-electron chi connectivity index (χ3n) is 9.03. The molecule has 0 aliphatic heterocycles. The van der Waals surface area contributed by atoms with Crippen LogP contribution in [0, 0.1) is 0 Å². The molecule has 0 aliphatic rings. The van der Waals surface area contributed by atoms with E-state index in [4.69, 9.17) is 18.7 Å². The van der Waals surface area contributed by atoms with Gasteiger partial charge in [-0.1, -0.05) is 194 Å². The smallest absolute Gasteiger partial charge is 0.394 e. The van der Waals surface area contributed by atoms with Gasteiger partial charge < -0.3 is 19.3 Å². The SMILES string of the molecule is CCCCCCCCCCCCCCCCCC(=O)OP(=O)(OCC(O)CO)OC(=O)CCCCCCCCCCCCCCCCC. The van der Waals surface area contributed by atoms with Crippen LogP contribution in [-0.4, -0.2) is 41.5 Å². The number of aliphatic hydroxyl groups is 2. The molecule has 0 bridgehead atoms. The molecule has 0 aromatic heterocycles. The fourth-order valence-corrected chi connectivity index (χ4v) is 7.10. The second-order valence-electron chi connectivity index (χ2n) is 13.9. The van der Waals surface area contributed by atoms with Crippen LogP contribution < -0.4 is 0 Å². The first-order chi connectivity index (χ1) is 23.4. The van der Waals surface area contributed by atoms with Crippen molar-refractivity contribution in [1.82, 2.24) is 0 Å². The molecule has 0 aliphatic carbocycles. The summed E-state index contributed by atoms with van der Waals surface area (Å²) in [7, 11) is -4.55. The lowest BCUT2D eigenvalue weighted by Crippen LogP contribution is -2.20. The monoisotopic (exact) mass is 705 g/mol. The minimum Gasteiger partial charge on any atom is -0.394 e. The van der Waals surface area contributed by atoms with Crippen LogP contribution in [0.25, 0.3) is 0 Å². The van der Waals surface area contributed by atoms with Gasteiger partial charge in [0.25, 0.3) is 0 Å². The highest BCUT2D eigenvalue weighted by molar-refractivity contribution is 7.49. The lowest BCUT2D eigenvalue weighted by Gasteiger charge is -2.18. The van der Waals surface area contributed by atoms with Crippen molar-refractivity contribution in [2.45, 2.75) is 225 Å². The predicted octanol–water partition coefficient (Wildman–Crippen LogP) is 12.1.